The molecular formula is C48H41F3N6O4S. The quantitative estimate of drug-likeness (QED) is 0.104. The van der Waals surface area contributed by atoms with E-state index >= 15 is 0 Å². The first-order valence-corrected chi connectivity index (χ1v) is 21.5. The molecular weight excluding hydrogens is 814 g/mol. The number of para-hydroxylation sites is 2. The summed E-state index contributed by atoms with van der Waals surface area (Å²) in [7, 11) is 0. The van der Waals surface area contributed by atoms with Gasteiger partial charge in [-0.25, -0.2) is 9.50 Å². The maximum absolute atomic E-state index is 13.5. The largest absolute Gasteiger partial charge is 0.573 e. The number of aromatic hydroxyl groups is 1. The molecule has 10 nitrogen and oxygen atoms in total. The van der Waals surface area contributed by atoms with Crippen LogP contribution in [0, 0.1) is 5.41 Å². The fraction of sp³-hybridized carbons (Fsp3) is 0.250. The molecule has 0 radical (unpaired) electrons. The van der Waals surface area contributed by atoms with Gasteiger partial charge in [0.05, 0.1) is 34.6 Å². The summed E-state index contributed by atoms with van der Waals surface area (Å²) < 4.78 is 44.6. The molecule has 7 aromatic rings. The topological polar surface area (TPSA) is 112 Å². The maximum atomic E-state index is 13.5. The highest BCUT2D eigenvalue weighted by molar-refractivity contribution is 7.99. The van der Waals surface area contributed by atoms with Crippen LogP contribution in [0.1, 0.15) is 56.6 Å². The first-order valence-electron chi connectivity index (χ1n) is 20.5. The van der Waals surface area contributed by atoms with Crippen LogP contribution in [0.5, 0.6) is 11.5 Å². The third kappa shape index (κ3) is 7.67. The van der Waals surface area contributed by atoms with E-state index in [0.29, 0.717) is 41.1 Å². The summed E-state index contributed by atoms with van der Waals surface area (Å²) in [5.41, 5.74) is 7.96. The van der Waals surface area contributed by atoms with Crippen LogP contribution in [0.2, 0.25) is 0 Å². The Morgan fingerprint density at radius 2 is 1.60 bits per heavy atom. The second kappa shape index (κ2) is 15.7. The molecule has 5 aromatic carbocycles. The van der Waals surface area contributed by atoms with E-state index in [1.54, 1.807) is 16.6 Å². The average molecular weight is 855 g/mol. The number of nitrogens with zero attached hydrogens (tertiary/aromatic N) is 5. The lowest BCUT2D eigenvalue weighted by Crippen LogP contribution is -2.73. The minimum Gasteiger partial charge on any atom is -0.508 e. The Morgan fingerprint density at radius 3 is 2.39 bits per heavy atom. The van der Waals surface area contributed by atoms with Gasteiger partial charge in [-0.05, 0) is 89.5 Å². The Bertz CT molecular complexity index is 2820. The van der Waals surface area contributed by atoms with Crippen molar-refractivity contribution < 1.29 is 32.6 Å². The number of alkyl halides is 3. The summed E-state index contributed by atoms with van der Waals surface area (Å²) in [6.07, 6.45) is -3.01. The molecule has 2 atom stereocenters. The number of ether oxygens (including phenoxy) is 1. The first-order chi connectivity index (χ1) is 30.0. The van der Waals surface area contributed by atoms with Crippen molar-refractivity contribution in [1.29, 1.82) is 0 Å². The van der Waals surface area contributed by atoms with Crippen LogP contribution < -0.4 is 15.0 Å². The van der Waals surface area contributed by atoms with E-state index < -0.39 is 18.0 Å². The van der Waals surface area contributed by atoms with Crippen LogP contribution in [-0.2, 0) is 17.8 Å². The molecule has 3 aliphatic rings. The van der Waals surface area contributed by atoms with E-state index in [2.05, 4.69) is 80.7 Å². The van der Waals surface area contributed by atoms with Crippen molar-refractivity contribution in [1.82, 2.24) is 24.8 Å². The molecule has 0 saturated carbocycles. The van der Waals surface area contributed by atoms with E-state index in [1.165, 1.54) is 57.9 Å². The molecule has 2 N–H and O–H groups in total. The number of thioether (sulfide) groups is 1. The number of phenols is 1. The van der Waals surface area contributed by atoms with E-state index in [4.69, 9.17) is 4.98 Å². The molecule has 14 heteroatoms. The number of amides is 2. The Labute approximate surface area is 359 Å². The zero-order valence-electron chi connectivity index (χ0n) is 33.4. The Balaban J connectivity index is 0.773. The van der Waals surface area contributed by atoms with Crippen molar-refractivity contribution in [3.8, 4) is 11.5 Å². The van der Waals surface area contributed by atoms with Gasteiger partial charge in [-0.3, -0.25) is 9.59 Å². The SMILES string of the molecule is O=C(NCc1cc2c3ccccc3nc(SCC(=O)N3CC4(C3)CN(c3ccc(C5c6ccc(O)cc6CCC5c5ccccc5)cc3)C4)n2n1)c1ccccc1OC(F)(F)F. The summed E-state index contributed by atoms with van der Waals surface area (Å²) in [6, 6.07) is 40.0. The van der Waals surface area contributed by atoms with Gasteiger partial charge in [0.25, 0.3) is 5.91 Å². The number of phenolic OH excluding ortho intramolecular Hbond substituents is 1. The molecule has 2 aliphatic heterocycles. The van der Waals surface area contributed by atoms with E-state index in [-0.39, 0.29) is 35.1 Å². The Kier molecular flexibility index (Phi) is 10.0. The van der Waals surface area contributed by atoms with Crippen molar-refractivity contribution in [2.45, 2.75) is 42.7 Å². The van der Waals surface area contributed by atoms with Crippen LogP contribution >= 0.6 is 11.8 Å². The van der Waals surface area contributed by atoms with Gasteiger partial charge < -0.3 is 25.0 Å². The van der Waals surface area contributed by atoms with Crippen molar-refractivity contribution in [2.24, 2.45) is 5.41 Å². The molecule has 2 fully saturated rings. The standard InChI is InChI=1S/C48H41F3N6O4S/c49-48(50,51)61-42-13-7-5-11-39(42)45(60)52-24-33-23-41-38-10-4-6-12-40(38)53-46(57(41)54-33)62-25-43(59)56-28-47(29-56)26-55(27-47)34-17-14-31(15-18-34)44-36(30-8-2-1-3-9-30)20-16-32-22-35(58)19-21-37(32)44/h1-15,17-19,21-23,36,44,58H,16,20,24-29H2,(H,52,60). The molecule has 2 amide bonds. The van der Waals surface area contributed by atoms with E-state index in [0.717, 1.165) is 42.9 Å². The van der Waals surface area contributed by atoms with Crippen LogP contribution in [0.4, 0.5) is 18.9 Å². The van der Waals surface area contributed by atoms with E-state index in [1.807, 2.05) is 35.2 Å². The summed E-state index contributed by atoms with van der Waals surface area (Å²) in [4.78, 5) is 35.6. The van der Waals surface area contributed by atoms with Crippen molar-refractivity contribution >= 4 is 45.7 Å². The van der Waals surface area contributed by atoms with Gasteiger partial charge in [0.15, 0.2) is 5.16 Å². The fourth-order valence-corrected chi connectivity index (χ4v) is 10.4. The number of aromatic nitrogens is 3. The summed E-state index contributed by atoms with van der Waals surface area (Å²) in [5.74, 6) is -0.326. The predicted molar refractivity (Wildman–Crippen MR) is 231 cm³/mol. The molecule has 10 rings (SSSR count). The number of likely N-dealkylation sites (tertiary alicyclic amines) is 1. The number of anilines is 1. The second-order valence-electron chi connectivity index (χ2n) is 16.5. The number of halogens is 3. The normalized spacial score (nSPS) is 18.0. The lowest BCUT2D eigenvalue weighted by Gasteiger charge is -2.61. The van der Waals surface area contributed by atoms with Crippen molar-refractivity contribution in [2.75, 3.05) is 36.8 Å². The number of aryl methyl sites for hydroxylation is 1. The number of rotatable bonds is 10. The lowest BCUT2D eigenvalue weighted by molar-refractivity contribution is -0.274. The number of nitrogens with one attached hydrogen (secondary N) is 1. The monoisotopic (exact) mass is 854 g/mol. The van der Waals surface area contributed by atoms with Gasteiger partial charge in [0.2, 0.25) is 5.91 Å². The Hall–Kier alpha value is -6.54. The number of benzene rings is 5. The van der Waals surface area contributed by atoms with Gasteiger partial charge in [0.1, 0.15) is 11.5 Å². The van der Waals surface area contributed by atoms with Crippen LogP contribution in [-0.4, -0.2) is 74.7 Å². The van der Waals surface area contributed by atoms with Crippen molar-refractivity contribution in [3.63, 3.8) is 0 Å². The number of hydrogen-bond donors (Lipinski definition) is 2. The third-order valence-corrected chi connectivity index (χ3v) is 13.3. The van der Waals surface area contributed by atoms with Gasteiger partial charge in [-0.1, -0.05) is 90.6 Å². The molecule has 4 heterocycles. The maximum Gasteiger partial charge on any atom is 0.573 e. The van der Waals surface area contributed by atoms with Crippen molar-refractivity contribution in [3.05, 3.63) is 161 Å². The molecule has 0 bridgehead atoms. The average Bonchev–Trinajstić information content (AvgIpc) is 3.68. The molecule has 62 heavy (non-hydrogen) atoms. The zero-order valence-corrected chi connectivity index (χ0v) is 34.2. The smallest absolute Gasteiger partial charge is 0.508 e. The molecule has 1 aliphatic carbocycles. The summed E-state index contributed by atoms with van der Waals surface area (Å²) >= 11 is 1.29. The Morgan fingerprint density at radius 1 is 0.855 bits per heavy atom. The minimum atomic E-state index is -4.95. The highest BCUT2D eigenvalue weighted by Gasteiger charge is 2.53. The number of carbonyl (C=O) groups excluding carboxylic acids is 2. The molecule has 2 saturated heterocycles. The van der Waals surface area contributed by atoms with Crippen LogP contribution in [0.25, 0.3) is 16.4 Å². The van der Waals surface area contributed by atoms with Gasteiger partial charge >= 0.3 is 6.36 Å². The molecule has 1 spiro atoms. The molecule has 314 valence electrons. The van der Waals surface area contributed by atoms with Gasteiger partial charge in [-0.15, -0.1) is 13.2 Å². The predicted octanol–water partition coefficient (Wildman–Crippen LogP) is 8.72. The summed E-state index contributed by atoms with van der Waals surface area (Å²) in [5, 5.41) is 18.9. The highest BCUT2D eigenvalue weighted by atomic mass is 32.2. The van der Waals surface area contributed by atoms with Crippen LogP contribution in [0.15, 0.2) is 133 Å². The minimum absolute atomic E-state index is 0.0139. The third-order valence-electron chi connectivity index (χ3n) is 12.3. The highest BCUT2D eigenvalue weighted by Crippen LogP contribution is 2.48. The molecule has 2 unspecified atom stereocenters. The van der Waals surface area contributed by atoms with Crippen LogP contribution in [0.3, 0.4) is 0 Å². The number of fused-ring (bicyclic) bond motifs is 4. The molecule has 2 aromatic heterocycles. The lowest BCUT2D eigenvalue weighted by atomic mass is 9.69. The second-order valence-corrected chi connectivity index (χ2v) is 17.4. The number of hydrogen-bond acceptors (Lipinski definition) is 8. The summed E-state index contributed by atoms with van der Waals surface area (Å²) in [6.45, 7) is 3.07. The van der Waals surface area contributed by atoms with Gasteiger partial charge in [0, 0.05) is 48.6 Å². The van der Waals surface area contributed by atoms with E-state index in [9.17, 15) is 27.9 Å². The number of carbonyl (C=O) groups is 2. The first kappa shape index (κ1) is 39.6. The van der Waals surface area contributed by atoms with Gasteiger partial charge in [-0.2, -0.15) is 5.10 Å². The fourth-order valence-electron chi connectivity index (χ4n) is 9.49. The zero-order chi connectivity index (χ0) is 42.6.